The minimum Gasteiger partial charge on any atom is -0.299 e. The normalized spacial score (nSPS) is 22.6. The third-order valence-electron chi connectivity index (χ3n) is 3.02. The number of Topliss-reactive ketones (excluding diaryl/α,β-unsaturated/α-hetero) is 1. The summed E-state index contributed by atoms with van der Waals surface area (Å²) in [6, 6.07) is 8.34. The lowest BCUT2D eigenvalue weighted by molar-refractivity contribution is -0.124. The molecule has 0 amide bonds. The Labute approximate surface area is 101 Å². The van der Waals surface area contributed by atoms with Crippen LogP contribution in [-0.4, -0.2) is 31.6 Å². The zero-order valence-corrected chi connectivity index (χ0v) is 10.5. The van der Waals surface area contributed by atoms with Crippen LogP contribution in [0.3, 0.4) is 0 Å². The van der Waals surface area contributed by atoms with Crippen LogP contribution in [0.4, 0.5) is 0 Å². The highest BCUT2D eigenvalue weighted by atomic mass is 32.2. The van der Waals surface area contributed by atoms with E-state index in [0.717, 1.165) is 0 Å². The van der Waals surface area contributed by atoms with Crippen molar-refractivity contribution in [2.24, 2.45) is 5.92 Å². The summed E-state index contributed by atoms with van der Waals surface area (Å²) in [6.45, 7) is 2.35. The van der Waals surface area contributed by atoms with Gasteiger partial charge in [-0.2, -0.15) is 4.31 Å². The van der Waals surface area contributed by atoms with E-state index in [9.17, 15) is 13.2 Å². The smallest absolute Gasteiger partial charge is 0.243 e. The largest absolute Gasteiger partial charge is 0.299 e. The summed E-state index contributed by atoms with van der Waals surface area (Å²) in [5.41, 5.74) is 0. The predicted octanol–water partition coefficient (Wildman–Crippen LogP) is 1.29. The maximum absolute atomic E-state index is 12.3. The number of hydrogen-bond acceptors (Lipinski definition) is 3. The molecular weight excluding hydrogens is 238 g/mol. The lowest BCUT2D eigenvalue weighted by Gasteiger charge is -2.29. The Morgan fingerprint density at radius 1 is 1.24 bits per heavy atom. The van der Waals surface area contributed by atoms with Crippen LogP contribution in [0.5, 0.6) is 0 Å². The molecule has 1 aromatic carbocycles. The monoisotopic (exact) mass is 253 g/mol. The van der Waals surface area contributed by atoms with Crippen molar-refractivity contribution in [2.75, 3.05) is 13.1 Å². The number of carbonyl (C=O) groups excluding carboxylic acids is 1. The molecule has 92 valence electrons. The second-order valence-electron chi connectivity index (χ2n) is 4.29. The molecule has 5 heteroatoms. The molecule has 17 heavy (non-hydrogen) atoms. The highest BCUT2D eigenvalue weighted by Crippen LogP contribution is 2.21. The maximum atomic E-state index is 12.3. The number of benzene rings is 1. The van der Waals surface area contributed by atoms with Crippen LogP contribution in [0.15, 0.2) is 35.2 Å². The Hall–Kier alpha value is -1.20. The fourth-order valence-corrected chi connectivity index (χ4v) is 3.49. The van der Waals surface area contributed by atoms with Crippen molar-refractivity contribution in [1.82, 2.24) is 4.31 Å². The molecule has 0 aliphatic carbocycles. The fourth-order valence-electron chi connectivity index (χ4n) is 1.94. The number of ketones is 1. The molecule has 0 saturated carbocycles. The van der Waals surface area contributed by atoms with Gasteiger partial charge in [0.25, 0.3) is 0 Å². The molecule has 1 atom stereocenters. The molecule has 4 nitrogen and oxygen atoms in total. The van der Waals surface area contributed by atoms with Gasteiger partial charge in [0.1, 0.15) is 5.78 Å². The molecular formula is C12H15NO3S. The molecule has 1 aromatic rings. The fraction of sp³-hybridized carbons (Fsp3) is 0.417. The summed E-state index contributed by atoms with van der Waals surface area (Å²) in [5, 5.41) is 0. The third kappa shape index (κ3) is 2.40. The Bertz CT molecular complexity index is 510. The zero-order chi connectivity index (χ0) is 12.5. The van der Waals surface area contributed by atoms with Crippen molar-refractivity contribution < 1.29 is 13.2 Å². The first-order chi connectivity index (χ1) is 8.01. The van der Waals surface area contributed by atoms with Crippen LogP contribution in [0.2, 0.25) is 0 Å². The standard InChI is InChI=1S/C12H15NO3S/c1-10-9-13(8-7-12(10)14)17(15,16)11-5-3-2-4-6-11/h2-6,10H,7-9H2,1H3. The van der Waals surface area contributed by atoms with Gasteiger partial charge in [0.15, 0.2) is 0 Å². The Morgan fingerprint density at radius 2 is 1.88 bits per heavy atom. The van der Waals surface area contributed by atoms with Gasteiger partial charge in [-0.05, 0) is 12.1 Å². The van der Waals surface area contributed by atoms with E-state index >= 15 is 0 Å². The lowest BCUT2D eigenvalue weighted by atomic mass is 10.0. The summed E-state index contributed by atoms with van der Waals surface area (Å²) >= 11 is 0. The summed E-state index contributed by atoms with van der Waals surface area (Å²) in [6.07, 6.45) is 0.313. The van der Waals surface area contributed by atoms with Crippen molar-refractivity contribution in [3.05, 3.63) is 30.3 Å². The molecule has 2 rings (SSSR count). The van der Waals surface area contributed by atoms with Crippen molar-refractivity contribution in [1.29, 1.82) is 0 Å². The van der Waals surface area contributed by atoms with E-state index in [0.29, 0.717) is 17.9 Å². The number of carbonyl (C=O) groups is 1. The van der Waals surface area contributed by atoms with Crippen LogP contribution in [0.25, 0.3) is 0 Å². The second-order valence-corrected chi connectivity index (χ2v) is 6.23. The maximum Gasteiger partial charge on any atom is 0.243 e. The average Bonchev–Trinajstić information content (AvgIpc) is 2.33. The van der Waals surface area contributed by atoms with Gasteiger partial charge < -0.3 is 0 Å². The molecule has 1 aliphatic rings. The topological polar surface area (TPSA) is 54.5 Å². The van der Waals surface area contributed by atoms with Gasteiger partial charge in [-0.15, -0.1) is 0 Å². The molecule has 1 fully saturated rings. The van der Waals surface area contributed by atoms with E-state index in [2.05, 4.69) is 0 Å². The summed E-state index contributed by atoms with van der Waals surface area (Å²) in [7, 11) is -3.44. The number of rotatable bonds is 2. The van der Waals surface area contributed by atoms with E-state index in [-0.39, 0.29) is 18.2 Å². The molecule has 1 unspecified atom stereocenters. The first kappa shape index (κ1) is 12.3. The number of piperidine rings is 1. The minimum absolute atomic E-state index is 0.143. The van der Waals surface area contributed by atoms with E-state index in [1.807, 2.05) is 0 Å². The summed E-state index contributed by atoms with van der Waals surface area (Å²) in [4.78, 5) is 11.7. The molecule has 0 N–H and O–H groups in total. The first-order valence-corrected chi connectivity index (χ1v) is 7.04. The Morgan fingerprint density at radius 3 is 2.47 bits per heavy atom. The van der Waals surface area contributed by atoms with E-state index in [1.54, 1.807) is 37.3 Å². The molecule has 0 aromatic heterocycles. The van der Waals surface area contributed by atoms with Gasteiger partial charge >= 0.3 is 0 Å². The molecule has 0 spiro atoms. The Kier molecular flexibility index (Phi) is 3.31. The van der Waals surface area contributed by atoms with Gasteiger partial charge in [-0.1, -0.05) is 25.1 Å². The van der Waals surface area contributed by atoms with E-state index < -0.39 is 10.0 Å². The number of nitrogens with zero attached hydrogens (tertiary/aromatic N) is 1. The third-order valence-corrected chi connectivity index (χ3v) is 4.90. The zero-order valence-electron chi connectivity index (χ0n) is 9.67. The van der Waals surface area contributed by atoms with Crippen LogP contribution in [0.1, 0.15) is 13.3 Å². The summed E-state index contributed by atoms with van der Waals surface area (Å²) in [5.74, 6) is -0.0632. The highest BCUT2D eigenvalue weighted by Gasteiger charge is 2.32. The second kappa shape index (κ2) is 4.58. The van der Waals surface area contributed by atoms with Gasteiger partial charge in [-0.25, -0.2) is 8.42 Å². The van der Waals surface area contributed by atoms with Gasteiger partial charge in [-0.3, -0.25) is 4.79 Å². The predicted molar refractivity (Wildman–Crippen MR) is 64.0 cm³/mol. The molecule has 1 heterocycles. The van der Waals surface area contributed by atoms with Gasteiger partial charge in [0, 0.05) is 25.4 Å². The van der Waals surface area contributed by atoms with Crippen molar-refractivity contribution in [3.63, 3.8) is 0 Å². The number of hydrogen-bond donors (Lipinski definition) is 0. The average molecular weight is 253 g/mol. The van der Waals surface area contributed by atoms with Crippen LogP contribution < -0.4 is 0 Å². The van der Waals surface area contributed by atoms with E-state index in [4.69, 9.17) is 0 Å². The van der Waals surface area contributed by atoms with Crippen molar-refractivity contribution >= 4 is 15.8 Å². The first-order valence-electron chi connectivity index (χ1n) is 5.60. The summed E-state index contributed by atoms with van der Waals surface area (Å²) < 4.78 is 25.9. The lowest BCUT2D eigenvalue weighted by Crippen LogP contribution is -2.43. The molecule has 1 aliphatic heterocycles. The van der Waals surface area contributed by atoms with Gasteiger partial charge in [0.05, 0.1) is 4.90 Å². The quantitative estimate of drug-likeness (QED) is 0.798. The molecule has 0 radical (unpaired) electrons. The van der Waals surface area contributed by atoms with Crippen LogP contribution in [-0.2, 0) is 14.8 Å². The molecule has 1 saturated heterocycles. The highest BCUT2D eigenvalue weighted by molar-refractivity contribution is 7.89. The van der Waals surface area contributed by atoms with Crippen LogP contribution >= 0.6 is 0 Å². The SMILES string of the molecule is CC1CN(S(=O)(=O)c2ccccc2)CCC1=O. The van der Waals surface area contributed by atoms with Crippen molar-refractivity contribution in [2.45, 2.75) is 18.2 Å². The van der Waals surface area contributed by atoms with Crippen LogP contribution in [0, 0.1) is 5.92 Å². The minimum atomic E-state index is -3.44. The Balaban J connectivity index is 2.26. The molecule has 0 bridgehead atoms. The van der Waals surface area contributed by atoms with Crippen molar-refractivity contribution in [3.8, 4) is 0 Å². The number of sulfonamides is 1. The van der Waals surface area contributed by atoms with E-state index in [1.165, 1.54) is 4.31 Å². The van der Waals surface area contributed by atoms with Gasteiger partial charge in [0.2, 0.25) is 10.0 Å².